The molecule has 0 unspecified atom stereocenters. The van der Waals surface area contributed by atoms with Crippen LogP contribution in [0.15, 0.2) is 42.5 Å². The molecular weight excluding hydrogens is 305 g/mol. The Kier molecular flexibility index (Phi) is 4.09. The Bertz CT molecular complexity index is 669. The lowest BCUT2D eigenvalue weighted by Crippen LogP contribution is -2.13. The molecule has 0 heterocycles. The highest BCUT2D eigenvalue weighted by Crippen LogP contribution is 2.36. The minimum atomic E-state index is -4.58. The third kappa shape index (κ3) is 3.66. The Morgan fingerprint density at radius 1 is 1.10 bits per heavy atom. The van der Waals surface area contributed by atoms with E-state index in [1.54, 1.807) is 0 Å². The van der Waals surface area contributed by atoms with Gasteiger partial charge in [-0.15, -0.1) is 0 Å². The van der Waals surface area contributed by atoms with Crippen molar-refractivity contribution in [2.45, 2.75) is 6.18 Å². The van der Waals surface area contributed by atoms with E-state index < -0.39 is 22.7 Å². The predicted molar refractivity (Wildman–Crippen MR) is 75.3 cm³/mol. The van der Waals surface area contributed by atoms with E-state index in [1.165, 1.54) is 30.3 Å². The van der Waals surface area contributed by atoms with Gasteiger partial charge in [0, 0.05) is 16.9 Å². The molecule has 21 heavy (non-hydrogen) atoms. The van der Waals surface area contributed by atoms with Gasteiger partial charge < -0.3 is 11.1 Å². The summed E-state index contributed by atoms with van der Waals surface area (Å²) in [7, 11) is 0. The Morgan fingerprint density at radius 2 is 1.71 bits per heavy atom. The number of rotatable bonds is 2. The van der Waals surface area contributed by atoms with Crippen LogP contribution in [0.2, 0.25) is 5.02 Å². The Morgan fingerprint density at radius 3 is 2.29 bits per heavy atom. The molecule has 110 valence electrons. The van der Waals surface area contributed by atoms with Crippen LogP contribution in [0.3, 0.4) is 0 Å². The summed E-state index contributed by atoms with van der Waals surface area (Å²) >= 11 is 5.51. The van der Waals surface area contributed by atoms with E-state index in [-0.39, 0.29) is 11.3 Å². The van der Waals surface area contributed by atoms with Gasteiger partial charge in [-0.25, -0.2) is 0 Å². The summed E-state index contributed by atoms with van der Waals surface area (Å²) < 4.78 is 38.2. The largest absolute Gasteiger partial charge is 0.417 e. The fourth-order valence-corrected chi connectivity index (χ4v) is 1.88. The maximum Gasteiger partial charge on any atom is 0.417 e. The molecule has 0 aromatic heterocycles. The lowest BCUT2D eigenvalue weighted by Gasteiger charge is -2.11. The van der Waals surface area contributed by atoms with Gasteiger partial charge in [0.2, 0.25) is 0 Å². The van der Waals surface area contributed by atoms with Gasteiger partial charge in [0.15, 0.2) is 0 Å². The highest BCUT2D eigenvalue weighted by molar-refractivity contribution is 6.31. The number of nitrogens with two attached hydrogens (primary N) is 1. The van der Waals surface area contributed by atoms with E-state index in [4.69, 9.17) is 17.3 Å². The van der Waals surface area contributed by atoms with Crippen LogP contribution < -0.4 is 11.1 Å². The zero-order chi connectivity index (χ0) is 15.6. The zero-order valence-corrected chi connectivity index (χ0v) is 11.3. The summed E-state index contributed by atoms with van der Waals surface area (Å²) in [6.07, 6.45) is -4.58. The van der Waals surface area contributed by atoms with Crippen molar-refractivity contribution < 1.29 is 18.0 Å². The second-order valence-electron chi connectivity index (χ2n) is 4.27. The van der Waals surface area contributed by atoms with E-state index in [2.05, 4.69) is 5.32 Å². The van der Waals surface area contributed by atoms with E-state index in [1.807, 2.05) is 0 Å². The smallest absolute Gasteiger partial charge is 0.399 e. The first-order valence-corrected chi connectivity index (χ1v) is 6.19. The molecule has 0 saturated carbocycles. The molecular formula is C14H10ClF3N2O. The quantitative estimate of drug-likeness (QED) is 0.816. The molecule has 0 fully saturated rings. The maximum atomic E-state index is 12.7. The predicted octanol–water partition coefficient (Wildman–Crippen LogP) is 4.19. The molecule has 3 nitrogen and oxygen atoms in total. The monoisotopic (exact) mass is 314 g/mol. The molecule has 0 aliphatic rings. The molecule has 0 aliphatic heterocycles. The fourth-order valence-electron chi connectivity index (χ4n) is 1.66. The Labute approximate surface area is 123 Å². The number of hydrogen-bond donors (Lipinski definition) is 2. The number of alkyl halides is 3. The number of benzene rings is 2. The molecule has 7 heteroatoms. The third-order valence-corrected chi connectivity index (χ3v) is 3.03. The number of carbonyl (C=O) groups excluding carboxylic acids is 1. The number of carbonyl (C=O) groups is 1. The molecule has 0 saturated heterocycles. The van der Waals surface area contributed by atoms with Crippen molar-refractivity contribution >= 4 is 28.9 Å². The fraction of sp³-hybridized carbons (Fsp3) is 0.0714. The summed E-state index contributed by atoms with van der Waals surface area (Å²) in [5, 5.41) is 1.96. The second kappa shape index (κ2) is 5.65. The van der Waals surface area contributed by atoms with Crippen molar-refractivity contribution in [1.29, 1.82) is 0 Å². The average molecular weight is 315 g/mol. The first kappa shape index (κ1) is 15.2. The molecule has 0 radical (unpaired) electrons. The van der Waals surface area contributed by atoms with Gasteiger partial charge in [0.1, 0.15) is 0 Å². The van der Waals surface area contributed by atoms with Crippen LogP contribution in [-0.2, 0) is 6.18 Å². The van der Waals surface area contributed by atoms with Crippen LogP contribution >= 0.6 is 11.6 Å². The van der Waals surface area contributed by atoms with Gasteiger partial charge >= 0.3 is 6.18 Å². The summed E-state index contributed by atoms with van der Waals surface area (Å²) in [5.74, 6) is -0.537. The molecule has 0 spiro atoms. The summed E-state index contributed by atoms with van der Waals surface area (Å²) in [6, 6.07) is 9.18. The SMILES string of the molecule is Nc1ccc(C(=O)Nc2ccc(Cl)c(C(F)(F)F)c2)cc1. The number of nitrogen functional groups attached to an aromatic ring is 1. The van der Waals surface area contributed by atoms with Crippen molar-refractivity contribution in [3.63, 3.8) is 0 Å². The highest BCUT2D eigenvalue weighted by atomic mass is 35.5. The zero-order valence-electron chi connectivity index (χ0n) is 10.5. The van der Waals surface area contributed by atoms with Crippen molar-refractivity contribution in [2.75, 3.05) is 11.1 Å². The van der Waals surface area contributed by atoms with Crippen molar-refractivity contribution in [1.82, 2.24) is 0 Å². The Hall–Kier alpha value is -2.21. The summed E-state index contributed by atoms with van der Waals surface area (Å²) in [5.41, 5.74) is 5.27. The van der Waals surface area contributed by atoms with Gasteiger partial charge in [-0.1, -0.05) is 11.6 Å². The minimum Gasteiger partial charge on any atom is -0.399 e. The van der Waals surface area contributed by atoms with Crippen LogP contribution in [-0.4, -0.2) is 5.91 Å². The average Bonchev–Trinajstić information content (AvgIpc) is 2.40. The second-order valence-corrected chi connectivity index (χ2v) is 4.68. The standard InChI is InChI=1S/C14H10ClF3N2O/c15-12-6-5-10(7-11(12)14(16,17)18)20-13(21)8-1-3-9(19)4-2-8/h1-7H,19H2,(H,20,21). The number of anilines is 2. The van der Waals surface area contributed by atoms with E-state index in [0.29, 0.717) is 5.69 Å². The van der Waals surface area contributed by atoms with Gasteiger partial charge in [0.25, 0.3) is 5.91 Å². The first-order chi connectivity index (χ1) is 9.77. The molecule has 2 aromatic carbocycles. The number of nitrogens with one attached hydrogen (secondary N) is 1. The molecule has 0 atom stereocenters. The minimum absolute atomic E-state index is 0.00792. The molecule has 1 amide bonds. The van der Waals surface area contributed by atoms with Gasteiger partial charge in [-0.2, -0.15) is 13.2 Å². The van der Waals surface area contributed by atoms with Crippen LogP contribution in [0.25, 0.3) is 0 Å². The molecule has 0 bridgehead atoms. The summed E-state index contributed by atoms with van der Waals surface area (Å²) in [4.78, 5) is 11.9. The third-order valence-electron chi connectivity index (χ3n) is 2.70. The highest BCUT2D eigenvalue weighted by Gasteiger charge is 2.33. The van der Waals surface area contributed by atoms with Gasteiger partial charge in [0.05, 0.1) is 10.6 Å². The number of hydrogen-bond acceptors (Lipinski definition) is 2. The maximum absolute atomic E-state index is 12.7. The molecule has 0 aliphatic carbocycles. The number of halogens is 4. The van der Waals surface area contributed by atoms with Crippen molar-refractivity contribution in [3.05, 3.63) is 58.6 Å². The molecule has 2 aromatic rings. The van der Waals surface area contributed by atoms with Crippen LogP contribution in [0.1, 0.15) is 15.9 Å². The lowest BCUT2D eigenvalue weighted by molar-refractivity contribution is -0.137. The van der Waals surface area contributed by atoms with Gasteiger partial charge in [-0.05, 0) is 42.5 Å². The van der Waals surface area contributed by atoms with E-state index in [0.717, 1.165) is 12.1 Å². The van der Waals surface area contributed by atoms with Crippen molar-refractivity contribution in [2.24, 2.45) is 0 Å². The van der Waals surface area contributed by atoms with Crippen molar-refractivity contribution in [3.8, 4) is 0 Å². The lowest BCUT2D eigenvalue weighted by atomic mass is 10.1. The topological polar surface area (TPSA) is 55.1 Å². The van der Waals surface area contributed by atoms with Crippen LogP contribution in [0.5, 0.6) is 0 Å². The van der Waals surface area contributed by atoms with Crippen LogP contribution in [0, 0.1) is 0 Å². The summed E-state index contributed by atoms with van der Waals surface area (Å²) in [6.45, 7) is 0. The Balaban J connectivity index is 2.24. The first-order valence-electron chi connectivity index (χ1n) is 5.81. The van der Waals surface area contributed by atoms with Gasteiger partial charge in [-0.3, -0.25) is 4.79 Å². The molecule has 2 rings (SSSR count). The van der Waals surface area contributed by atoms with E-state index >= 15 is 0 Å². The number of amides is 1. The van der Waals surface area contributed by atoms with E-state index in [9.17, 15) is 18.0 Å². The van der Waals surface area contributed by atoms with Crippen LogP contribution in [0.4, 0.5) is 24.5 Å². The molecule has 3 N–H and O–H groups in total. The normalized spacial score (nSPS) is 11.2.